The first-order valence-electron chi connectivity index (χ1n) is 10.9. The molecule has 0 saturated carbocycles. The summed E-state index contributed by atoms with van der Waals surface area (Å²) in [5, 5.41) is 16.7. The fraction of sp³-hybridized carbons (Fsp3) is 0.125. The summed E-state index contributed by atoms with van der Waals surface area (Å²) in [5.41, 5.74) is 3.44. The average molecular weight is 470 g/mol. The quantitative estimate of drug-likeness (QED) is 0.345. The van der Waals surface area contributed by atoms with Gasteiger partial charge < -0.3 is 20.3 Å². The van der Waals surface area contributed by atoms with Crippen molar-refractivity contribution in [3.8, 4) is 5.75 Å². The first-order valence-corrected chi connectivity index (χ1v) is 10.9. The zero-order valence-corrected chi connectivity index (χ0v) is 18.3. The Morgan fingerprint density at radius 2 is 2.00 bits per heavy atom. The number of fused-ring (bicyclic) bond motifs is 2. The van der Waals surface area contributed by atoms with Crippen LogP contribution in [0.4, 0.5) is 15.9 Å². The largest absolute Gasteiger partial charge is 0.508 e. The van der Waals surface area contributed by atoms with Crippen LogP contribution in [0, 0.1) is 5.82 Å². The summed E-state index contributed by atoms with van der Waals surface area (Å²) in [5.74, 6) is -0.131. The second-order valence-electron chi connectivity index (χ2n) is 8.13. The number of phenolic OH excluding ortho intramolecular Hbond substituents is 1. The van der Waals surface area contributed by atoms with Gasteiger partial charge in [-0.25, -0.2) is 23.9 Å². The van der Waals surface area contributed by atoms with Gasteiger partial charge in [0.15, 0.2) is 0 Å². The van der Waals surface area contributed by atoms with Crippen LogP contribution in [0.5, 0.6) is 5.75 Å². The zero-order valence-electron chi connectivity index (χ0n) is 18.3. The van der Waals surface area contributed by atoms with E-state index >= 15 is 0 Å². The second-order valence-corrected chi connectivity index (χ2v) is 8.13. The Balaban J connectivity index is 1.32. The van der Waals surface area contributed by atoms with Gasteiger partial charge >= 0.3 is 0 Å². The van der Waals surface area contributed by atoms with Crippen LogP contribution in [0.25, 0.3) is 5.52 Å². The van der Waals surface area contributed by atoms with Crippen molar-refractivity contribution in [1.82, 2.24) is 29.5 Å². The van der Waals surface area contributed by atoms with Crippen molar-refractivity contribution in [3.63, 3.8) is 0 Å². The van der Waals surface area contributed by atoms with E-state index in [1.54, 1.807) is 36.8 Å². The van der Waals surface area contributed by atoms with Crippen molar-refractivity contribution in [2.75, 3.05) is 16.8 Å². The van der Waals surface area contributed by atoms with E-state index in [1.807, 2.05) is 4.90 Å². The fourth-order valence-corrected chi connectivity index (χ4v) is 4.28. The van der Waals surface area contributed by atoms with Crippen LogP contribution in [0.2, 0.25) is 0 Å². The Hall–Kier alpha value is -4.80. The Morgan fingerprint density at radius 1 is 1.14 bits per heavy atom. The van der Waals surface area contributed by atoms with Gasteiger partial charge in [0.05, 0.1) is 30.1 Å². The summed E-state index contributed by atoms with van der Waals surface area (Å²) in [6.45, 7) is 0.601. The minimum absolute atomic E-state index is 0.108. The summed E-state index contributed by atoms with van der Waals surface area (Å²) in [4.78, 5) is 31.1. The lowest BCUT2D eigenvalue weighted by Crippen LogP contribution is -2.37. The number of phenols is 1. The number of imidazole rings is 1. The van der Waals surface area contributed by atoms with Gasteiger partial charge in [-0.05, 0) is 42.5 Å². The fourth-order valence-electron chi connectivity index (χ4n) is 4.28. The SMILES string of the molecule is O=C(Nc1ccc(O)cc1)c1cnc(N2CCc3[nH]cnc3[C@H]2c2cc3c(F)cccn3n2)cn1. The molecule has 0 saturated heterocycles. The molecule has 3 N–H and O–H groups in total. The molecule has 35 heavy (non-hydrogen) atoms. The molecular weight excluding hydrogens is 451 g/mol. The summed E-state index contributed by atoms with van der Waals surface area (Å²) in [6, 6.07) is 10.4. The molecule has 0 spiro atoms. The maximum absolute atomic E-state index is 14.3. The normalized spacial score (nSPS) is 15.2. The Bertz CT molecular complexity index is 1530. The Labute approximate surface area is 198 Å². The van der Waals surface area contributed by atoms with E-state index < -0.39 is 11.9 Å². The minimum atomic E-state index is -0.421. The van der Waals surface area contributed by atoms with E-state index in [4.69, 9.17) is 0 Å². The van der Waals surface area contributed by atoms with Crippen molar-refractivity contribution < 1.29 is 14.3 Å². The maximum Gasteiger partial charge on any atom is 0.275 e. The third-order valence-corrected chi connectivity index (χ3v) is 5.96. The molecule has 1 amide bonds. The standard InChI is InChI=1S/C24H19FN8O2/c25-16-2-1-8-33-20(16)10-18(31-33)23-22-17(28-13-29-22)7-9-32(23)21-12-26-19(11-27-21)24(35)30-14-3-5-15(34)6-4-14/h1-6,8,10-13,23,34H,7,9H2,(H,28,29)(H,30,35)/t23-/m1/s1. The second kappa shape index (κ2) is 8.20. The number of aromatic amines is 1. The number of halogens is 1. The van der Waals surface area contributed by atoms with E-state index in [9.17, 15) is 14.3 Å². The van der Waals surface area contributed by atoms with E-state index in [0.717, 1.165) is 11.4 Å². The number of H-pyrrole nitrogens is 1. The highest BCUT2D eigenvalue weighted by atomic mass is 19.1. The predicted molar refractivity (Wildman–Crippen MR) is 125 cm³/mol. The number of hydrogen-bond donors (Lipinski definition) is 3. The molecule has 0 bridgehead atoms. The first kappa shape index (κ1) is 20.8. The lowest BCUT2D eigenvalue weighted by Gasteiger charge is -2.34. The highest BCUT2D eigenvalue weighted by Crippen LogP contribution is 2.35. The molecule has 1 aliphatic heterocycles. The monoisotopic (exact) mass is 470 g/mol. The lowest BCUT2D eigenvalue weighted by molar-refractivity contribution is 0.102. The number of pyridine rings is 1. The number of nitrogens with one attached hydrogen (secondary N) is 2. The topological polar surface area (TPSA) is 124 Å². The van der Waals surface area contributed by atoms with E-state index in [1.165, 1.54) is 35.1 Å². The van der Waals surface area contributed by atoms with Gasteiger partial charge in [0, 0.05) is 30.5 Å². The van der Waals surface area contributed by atoms with Gasteiger partial charge in [0.2, 0.25) is 0 Å². The molecular formula is C24H19FN8O2. The Kier molecular flexibility index (Phi) is 4.87. The number of nitrogens with zero attached hydrogens (tertiary/aromatic N) is 6. The minimum Gasteiger partial charge on any atom is -0.508 e. The molecule has 0 radical (unpaired) electrons. The molecule has 5 aromatic rings. The molecule has 1 aromatic carbocycles. The highest BCUT2D eigenvalue weighted by Gasteiger charge is 2.34. The molecule has 6 rings (SSSR count). The summed E-state index contributed by atoms with van der Waals surface area (Å²) < 4.78 is 15.9. The number of benzene rings is 1. The van der Waals surface area contributed by atoms with Gasteiger partial charge in [0.1, 0.15) is 34.6 Å². The van der Waals surface area contributed by atoms with Crippen molar-refractivity contribution in [2.45, 2.75) is 12.5 Å². The summed E-state index contributed by atoms with van der Waals surface area (Å²) in [6.07, 6.45) is 6.98. The van der Waals surface area contributed by atoms with Crippen LogP contribution < -0.4 is 10.2 Å². The van der Waals surface area contributed by atoms with Gasteiger partial charge in [0.25, 0.3) is 5.91 Å². The third-order valence-electron chi connectivity index (χ3n) is 5.96. The smallest absolute Gasteiger partial charge is 0.275 e. The van der Waals surface area contributed by atoms with E-state index in [-0.39, 0.29) is 17.3 Å². The number of rotatable bonds is 4. The molecule has 11 heteroatoms. The van der Waals surface area contributed by atoms with Crippen LogP contribution in [-0.4, -0.2) is 47.1 Å². The number of hydrogen-bond acceptors (Lipinski definition) is 7. The predicted octanol–water partition coefficient (Wildman–Crippen LogP) is 3.10. The number of anilines is 2. The zero-order chi connectivity index (χ0) is 23.9. The average Bonchev–Trinajstić information content (AvgIpc) is 3.53. The van der Waals surface area contributed by atoms with Crippen LogP contribution >= 0.6 is 0 Å². The van der Waals surface area contributed by atoms with Gasteiger partial charge in [-0.15, -0.1) is 0 Å². The van der Waals surface area contributed by atoms with E-state index in [0.29, 0.717) is 35.7 Å². The van der Waals surface area contributed by atoms with Crippen LogP contribution in [0.15, 0.2) is 67.4 Å². The first-order chi connectivity index (χ1) is 17.1. The number of carbonyl (C=O) groups is 1. The third kappa shape index (κ3) is 3.72. The maximum atomic E-state index is 14.3. The summed E-state index contributed by atoms with van der Waals surface area (Å²) in [7, 11) is 0. The van der Waals surface area contributed by atoms with Crippen LogP contribution in [0.1, 0.15) is 33.6 Å². The van der Waals surface area contributed by atoms with Gasteiger partial charge in [-0.2, -0.15) is 5.10 Å². The molecule has 4 aromatic heterocycles. The molecule has 5 heterocycles. The molecule has 10 nitrogen and oxygen atoms in total. The van der Waals surface area contributed by atoms with Crippen molar-refractivity contribution in [1.29, 1.82) is 0 Å². The Morgan fingerprint density at radius 3 is 2.77 bits per heavy atom. The number of aromatic nitrogens is 6. The number of aromatic hydroxyl groups is 1. The lowest BCUT2D eigenvalue weighted by atomic mass is 10.00. The van der Waals surface area contributed by atoms with Gasteiger partial charge in [-0.1, -0.05) is 0 Å². The molecule has 0 unspecified atom stereocenters. The number of carbonyl (C=O) groups excluding carboxylic acids is 1. The van der Waals surface area contributed by atoms with Gasteiger partial charge in [-0.3, -0.25) is 4.79 Å². The number of amides is 1. The molecule has 1 atom stereocenters. The van der Waals surface area contributed by atoms with Crippen LogP contribution in [-0.2, 0) is 6.42 Å². The van der Waals surface area contributed by atoms with Crippen molar-refractivity contribution in [3.05, 3.63) is 96.0 Å². The molecule has 0 fully saturated rings. The van der Waals surface area contributed by atoms with Crippen molar-refractivity contribution in [2.24, 2.45) is 0 Å². The molecule has 174 valence electrons. The van der Waals surface area contributed by atoms with Crippen LogP contribution in [0.3, 0.4) is 0 Å². The highest BCUT2D eigenvalue weighted by molar-refractivity contribution is 6.02. The van der Waals surface area contributed by atoms with Crippen molar-refractivity contribution >= 4 is 22.9 Å². The summed E-state index contributed by atoms with van der Waals surface area (Å²) >= 11 is 0. The van der Waals surface area contributed by atoms with E-state index in [2.05, 4.69) is 30.4 Å². The molecule has 1 aliphatic rings. The molecule has 0 aliphatic carbocycles.